The minimum absolute atomic E-state index is 0.255. The monoisotopic (exact) mass is 164 g/mol. The summed E-state index contributed by atoms with van der Waals surface area (Å²) >= 11 is 0. The molecule has 1 aromatic rings. The Balaban J connectivity index is 2.53. The van der Waals surface area contributed by atoms with Gasteiger partial charge in [-0.05, 0) is 30.9 Å². The lowest BCUT2D eigenvalue weighted by Gasteiger charge is -2.14. The summed E-state index contributed by atoms with van der Waals surface area (Å²) in [6.45, 7) is 4.21. The Kier molecular flexibility index (Phi) is 3.23. The van der Waals surface area contributed by atoms with Crippen molar-refractivity contribution < 1.29 is 0 Å². The molecule has 0 amide bonds. The van der Waals surface area contributed by atoms with Crippen LogP contribution in [0.1, 0.15) is 19.4 Å². The summed E-state index contributed by atoms with van der Waals surface area (Å²) in [5.41, 5.74) is 7.03. The van der Waals surface area contributed by atoms with Crippen LogP contribution in [0.25, 0.3) is 0 Å². The fourth-order valence-electron chi connectivity index (χ4n) is 1.08. The molecule has 2 heteroatoms. The zero-order chi connectivity index (χ0) is 8.97. The number of pyridine rings is 1. The first-order valence-electron chi connectivity index (χ1n) is 4.34. The molecular formula is C10H16N2. The number of aromatic nitrogens is 1. The highest BCUT2D eigenvalue weighted by Crippen LogP contribution is 2.08. The van der Waals surface area contributed by atoms with Crippen molar-refractivity contribution in [2.24, 2.45) is 11.7 Å². The summed E-state index contributed by atoms with van der Waals surface area (Å²) in [6, 6.07) is 4.31. The van der Waals surface area contributed by atoms with Crippen LogP contribution in [-0.4, -0.2) is 11.0 Å². The second-order valence-corrected chi connectivity index (χ2v) is 3.40. The molecule has 2 nitrogen and oxygen atoms in total. The van der Waals surface area contributed by atoms with Crippen LogP contribution in [0.15, 0.2) is 24.5 Å². The Hall–Kier alpha value is -0.890. The van der Waals surface area contributed by atoms with E-state index in [0.717, 1.165) is 6.42 Å². The van der Waals surface area contributed by atoms with Gasteiger partial charge in [0.15, 0.2) is 0 Å². The summed E-state index contributed by atoms with van der Waals surface area (Å²) in [6.07, 6.45) is 4.71. The van der Waals surface area contributed by atoms with E-state index < -0.39 is 0 Å². The zero-order valence-electron chi connectivity index (χ0n) is 7.70. The first-order chi connectivity index (χ1) is 5.70. The lowest BCUT2D eigenvalue weighted by Crippen LogP contribution is -2.25. The highest BCUT2D eigenvalue weighted by atomic mass is 14.6. The van der Waals surface area contributed by atoms with E-state index in [4.69, 9.17) is 5.73 Å². The summed E-state index contributed by atoms with van der Waals surface area (Å²) in [7, 11) is 0. The van der Waals surface area contributed by atoms with E-state index in [2.05, 4.69) is 18.0 Å². The Bertz CT molecular complexity index is 219. The van der Waals surface area contributed by atoms with E-state index in [1.54, 1.807) is 6.20 Å². The molecule has 2 unspecified atom stereocenters. The molecule has 0 saturated carbocycles. The van der Waals surface area contributed by atoms with Gasteiger partial charge < -0.3 is 5.73 Å². The summed E-state index contributed by atoms with van der Waals surface area (Å²) in [5.74, 6) is 0.522. The number of rotatable bonds is 3. The smallest absolute Gasteiger partial charge is 0.0299 e. The maximum atomic E-state index is 5.76. The van der Waals surface area contributed by atoms with Gasteiger partial charge in [0.1, 0.15) is 0 Å². The second-order valence-electron chi connectivity index (χ2n) is 3.40. The molecule has 0 bridgehead atoms. The Morgan fingerprint density at radius 1 is 1.50 bits per heavy atom. The highest BCUT2D eigenvalue weighted by molar-refractivity contribution is 5.09. The third-order valence-electron chi connectivity index (χ3n) is 2.18. The molecule has 0 aliphatic carbocycles. The van der Waals surface area contributed by atoms with Crippen LogP contribution >= 0.6 is 0 Å². The van der Waals surface area contributed by atoms with Gasteiger partial charge in [-0.15, -0.1) is 0 Å². The molecule has 1 aromatic heterocycles. The number of nitrogens with two attached hydrogens (primary N) is 1. The standard InChI is InChI=1S/C10H16N2/c1-8(9(2)11)6-10-4-3-5-12-7-10/h3-5,7-9H,6,11H2,1-2H3. The Labute approximate surface area is 73.8 Å². The first-order valence-corrected chi connectivity index (χ1v) is 4.34. The van der Waals surface area contributed by atoms with E-state index in [1.807, 2.05) is 19.2 Å². The topological polar surface area (TPSA) is 38.9 Å². The summed E-state index contributed by atoms with van der Waals surface area (Å²) in [4.78, 5) is 4.06. The van der Waals surface area contributed by atoms with Crippen LogP contribution < -0.4 is 5.73 Å². The van der Waals surface area contributed by atoms with Crippen molar-refractivity contribution in [2.45, 2.75) is 26.3 Å². The van der Waals surface area contributed by atoms with Gasteiger partial charge in [0.25, 0.3) is 0 Å². The summed E-state index contributed by atoms with van der Waals surface area (Å²) in [5, 5.41) is 0. The molecule has 0 aliphatic rings. The van der Waals surface area contributed by atoms with E-state index in [9.17, 15) is 0 Å². The van der Waals surface area contributed by atoms with Crippen LogP contribution in [-0.2, 0) is 6.42 Å². The fourth-order valence-corrected chi connectivity index (χ4v) is 1.08. The van der Waals surface area contributed by atoms with Crippen molar-refractivity contribution in [3.8, 4) is 0 Å². The predicted octanol–water partition coefficient (Wildman–Crippen LogP) is 1.61. The Morgan fingerprint density at radius 3 is 2.75 bits per heavy atom. The van der Waals surface area contributed by atoms with Gasteiger partial charge in [-0.1, -0.05) is 13.0 Å². The minimum Gasteiger partial charge on any atom is -0.328 e. The second kappa shape index (κ2) is 4.21. The van der Waals surface area contributed by atoms with Crippen molar-refractivity contribution in [3.05, 3.63) is 30.1 Å². The molecule has 66 valence electrons. The molecule has 1 rings (SSSR count). The highest BCUT2D eigenvalue weighted by Gasteiger charge is 2.07. The van der Waals surface area contributed by atoms with Crippen molar-refractivity contribution in [1.82, 2.24) is 4.98 Å². The quantitative estimate of drug-likeness (QED) is 0.737. The number of hydrogen-bond donors (Lipinski definition) is 1. The van der Waals surface area contributed by atoms with Gasteiger partial charge in [0.2, 0.25) is 0 Å². The third-order valence-corrected chi connectivity index (χ3v) is 2.18. The lowest BCUT2D eigenvalue weighted by atomic mass is 9.97. The van der Waals surface area contributed by atoms with Crippen LogP contribution in [0.5, 0.6) is 0 Å². The number of nitrogens with zero attached hydrogens (tertiary/aromatic N) is 1. The molecule has 0 fully saturated rings. The molecule has 2 atom stereocenters. The minimum atomic E-state index is 0.255. The molecule has 0 radical (unpaired) electrons. The molecule has 0 aliphatic heterocycles. The van der Waals surface area contributed by atoms with E-state index in [0.29, 0.717) is 5.92 Å². The molecule has 0 spiro atoms. The Morgan fingerprint density at radius 2 is 2.25 bits per heavy atom. The molecule has 2 N–H and O–H groups in total. The molecular weight excluding hydrogens is 148 g/mol. The van der Waals surface area contributed by atoms with E-state index in [1.165, 1.54) is 5.56 Å². The maximum Gasteiger partial charge on any atom is 0.0299 e. The van der Waals surface area contributed by atoms with Crippen molar-refractivity contribution >= 4 is 0 Å². The van der Waals surface area contributed by atoms with E-state index >= 15 is 0 Å². The largest absolute Gasteiger partial charge is 0.328 e. The SMILES string of the molecule is CC(N)C(C)Cc1cccnc1. The molecule has 0 aromatic carbocycles. The maximum absolute atomic E-state index is 5.76. The van der Waals surface area contributed by atoms with Crippen LogP contribution in [0.3, 0.4) is 0 Å². The normalized spacial score (nSPS) is 15.6. The molecule has 0 saturated heterocycles. The van der Waals surface area contributed by atoms with Gasteiger partial charge in [0.05, 0.1) is 0 Å². The summed E-state index contributed by atoms with van der Waals surface area (Å²) < 4.78 is 0. The van der Waals surface area contributed by atoms with Gasteiger partial charge in [-0.3, -0.25) is 4.98 Å². The van der Waals surface area contributed by atoms with E-state index in [-0.39, 0.29) is 6.04 Å². The zero-order valence-corrected chi connectivity index (χ0v) is 7.70. The third kappa shape index (κ3) is 2.62. The average Bonchev–Trinajstić information content (AvgIpc) is 2.06. The van der Waals surface area contributed by atoms with Crippen molar-refractivity contribution in [1.29, 1.82) is 0 Å². The fraction of sp³-hybridized carbons (Fsp3) is 0.500. The first kappa shape index (κ1) is 9.20. The van der Waals surface area contributed by atoms with Gasteiger partial charge in [-0.2, -0.15) is 0 Å². The average molecular weight is 164 g/mol. The van der Waals surface area contributed by atoms with Gasteiger partial charge in [-0.25, -0.2) is 0 Å². The number of hydrogen-bond acceptors (Lipinski definition) is 2. The van der Waals surface area contributed by atoms with Crippen LogP contribution in [0.2, 0.25) is 0 Å². The van der Waals surface area contributed by atoms with Crippen LogP contribution in [0, 0.1) is 5.92 Å². The van der Waals surface area contributed by atoms with Gasteiger partial charge >= 0.3 is 0 Å². The predicted molar refractivity (Wildman–Crippen MR) is 50.8 cm³/mol. The van der Waals surface area contributed by atoms with Crippen molar-refractivity contribution in [3.63, 3.8) is 0 Å². The molecule has 1 heterocycles. The van der Waals surface area contributed by atoms with Crippen molar-refractivity contribution in [2.75, 3.05) is 0 Å². The van der Waals surface area contributed by atoms with Crippen LogP contribution in [0.4, 0.5) is 0 Å². The molecule has 12 heavy (non-hydrogen) atoms. The van der Waals surface area contributed by atoms with Gasteiger partial charge in [0, 0.05) is 18.4 Å². The lowest BCUT2D eigenvalue weighted by molar-refractivity contribution is 0.481.